The molecule has 430 valence electrons. The highest BCUT2D eigenvalue weighted by Gasteiger charge is 2.35. The molecule has 11 N–H and O–H groups in total. The normalized spacial score (nSPS) is 14.4. The van der Waals surface area contributed by atoms with Gasteiger partial charge in [0, 0.05) is 68.9 Å². The van der Waals surface area contributed by atoms with Crippen LogP contribution in [0.25, 0.3) is 0 Å². The van der Waals surface area contributed by atoms with Crippen molar-refractivity contribution in [1.29, 1.82) is 0 Å². The molecule has 9 amide bonds. The maximum Gasteiger partial charge on any atom is 0.326 e. The summed E-state index contributed by atoms with van der Waals surface area (Å²) < 4.78 is 0. The van der Waals surface area contributed by atoms with Crippen molar-refractivity contribution in [2.24, 2.45) is 17.4 Å². The van der Waals surface area contributed by atoms with E-state index in [9.17, 15) is 63.0 Å². The fourth-order valence-electron chi connectivity index (χ4n) is 7.29. The Bertz CT molecular complexity index is 1790. The molecule has 0 saturated carbocycles. The Morgan fingerprint density at radius 1 is 0.554 bits per heavy atom. The molecule has 0 aromatic heterocycles. The second-order valence-electron chi connectivity index (χ2n) is 17.1. The van der Waals surface area contributed by atoms with E-state index in [4.69, 9.17) is 5.73 Å². The number of hydrogen-bond acceptors (Lipinski definition) is 11. The van der Waals surface area contributed by atoms with Crippen LogP contribution in [0.15, 0.2) is 38.0 Å². The Morgan fingerprint density at radius 2 is 0.932 bits per heavy atom. The third kappa shape index (κ3) is 34.7. The molecule has 2 fully saturated rings. The van der Waals surface area contributed by atoms with E-state index in [2.05, 4.69) is 52.1 Å². The van der Waals surface area contributed by atoms with Gasteiger partial charge in [0.25, 0.3) is 0 Å². The molecule has 0 aliphatic carbocycles. The van der Waals surface area contributed by atoms with Crippen LogP contribution in [0.3, 0.4) is 0 Å². The zero-order chi connectivity index (χ0) is 52.1. The van der Waals surface area contributed by atoms with E-state index in [0.717, 1.165) is 24.6 Å². The number of nitrogens with zero attached hydrogens (tertiary/aromatic N) is 2. The molecule has 2 rings (SSSR count). The van der Waals surface area contributed by atoms with Gasteiger partial charge in [-0.25, -0.2) is 9.59 Å². The van der Waals surface area contributed by atoms with Gasteiger partial charge in [0.2, 0.25) is 53.2 Å². The number of nitrogens with two attached hydrogens (primary N) is 2. The lowest BCUT2D eigenvalue weighted by Crippen LogP contribution is -2.52. The van der Waals surface area contributed by atoms with Crippen molar-refractivity contribution in [2.75, 3.05) is 13.1 Å². The largest absolute Gasteiger partial charge is 0.480 e. The van der Waals surface area contributed by atoms with Crippen LogP contribution in [0.5, 0.6) is 0 Å². The van der Waals surface area contributed by atoms with E-state index in [0.29, 0.717) is 58.0 Å². The molecule has 2 saturated heterocycles. The molecule has 0 aromatic carbocycles. The van der Waals surface area contributed by atoms with Gasteiger partial charge in [-0.05, 0) is 110 Å². The third-order valence-corrected chi connectivity index (χ3v) is 10.7. The van der Waals surface area contributed by atoms with E-state index < -0.39 is 71.5 Å². The monoisotopic (exact) mass is 1060 g/mol. The van der Waals surface area contributed by atoms with Gasteiger partial charge in [0.15, 0.2) is 0 Å². The molecule has 74 heavy (non-hydrogen) atoms. The number of carboxylic acids is 2. The predicted molar refractivity (Wildman–Crippen MR) is 292 cm³/mol. The maximum atomic E-state index is 12.6. The highest BCUT2D eigenvalue weighted by atomic mass is 16.4. The number of carboxylic acid groups (broad SMARTS) is 2. The minimum absolute atomic E-state index is 0. The highest BCUT2D eigenvalue weighted by molar-refractivity contribution is 5.93. The summed E-state index contributed by atoms with van der Waals surface area (Å²) in [6, 6.07) is -4.11. The van der Waals surface area contributed by atoms with Crippen molar-refractivity contribution >= 4 is 65.1 Å². The molecule has 6 atom stereocenters. The molecular formula is C52H99N9O13. The quantitative estimate of drug-likeness (QED) is 0.0369. The molecule has 6 unspecified atom stereocenters. The van der Waals surface area contributed by atoms with Gasteiger partial charge in [0.05, 0.1) is 0 Å². The van der Waals surface area contributed by atoms with Gasteiger partial charge in [-0.1, -0.05) is 71.2 Å². The summed E-state index contributed by atoms with van der Waals surface area (Å²) in [4.78, 5) is 132. The molecule has 0 spiro atoms. The summed E-state index contributed by atoms with van der Waals surface area (Å²) in [6.45, 7) is 20.0. The second kappa shape index (κ2) is 43.9. The molecule has 2 heterocycles. The Hall–Kier alpha value is -6.61. The van der Waals surface area contributed by atoms with Crippen LogP contribution in [0.1, 0.15) is 169 Å². The number of amides is 9. The molecule has 22 heteroatoms. The Balaban J connectivity index is -0.000000206. The Morgan fingerprint density at radius 3 is 1.28 bits per heavy atom. The smallest absolute Gasteiger partial charge is 0.326 e. The summed E-state index contributed by atoms with van der Waals surface area (Å²) in [7, 11) is 0. The number of aliphatic carboxylic acids is 2. The zero-order valence-corrected chi connectivity index (χ0v) is 40.2. The number of rotatable bonds is 29. The minimum Gasteiger partial charge on any atom is -0.480 e. The molecule has 22 nitrogen and oxygen atoms in total. The van der Waals surface area contributed by atoms with Gasteiger partial charge >= 0.3 is 11.9 Å². The predicted octanol–water partition coefficient (Wildman–Crippen LogP) is 4.50. The first-order chi connectivity index (χ1) is 31.9. The van der Waals surface area contributed by atoms with Crippen LogP contribution >= 0.6 is 0 Å². The van der Waals surface area contributed by atoms with Gasteiger partial charge < -0.3 is 58.1 Å². The van der Waals surface area contributed by atoms with Crippen molar-refractivity contribution in [3.63, 3.8) is 0 Å². The summed E-state index contributed by atoms with van der Waals surface area (Å²) >= 11 is 0. The van der Waals surface area contributed by atoms with Gasteiger partial charge in [-0.15, -0.1) is 0 Å². The summed E-state index contributed by atoms with van der Waals surface area (Å²) in [6.07, 6.45) is 7.81. The standard InChI is InChI=1S/C22H38N4O6.C21H32N4O6.C3H5NO.6CH4/c1-14(2)24-21(30)15(3)13-16(26-12-6-9-20(26)29)10-11-17(22(31)32)25-19(28)8-5-4-7-18(23)27;1-5-17(26)23-15(21(30)31)10-9-14(25-11-7-8-19(25)28)12-16(24-18(27)6-2)20(29)22-13(3)4;1-2-3(4)5;;;;;;/h14-17H,4-13H2,1-3H3,(H2,23,27)(H,24,30)(H,25,28)(H,31,32);5-6,13-16H,1-2,7-12H2,3-4H3,(H,22,29)(H,23,26)(H,24,27)(H,30,31);2H,1H2,(H2,4,5);6*1H4. The molecule has 0 radical (unpaired) electrons. The van der Waals surface area contributed by atoms with Crippen molar-refractivity contribution < 1.29 is 63.0 Å². The van der Waals surface area contributed by atoms with Crippen molar-refractivity contribution in [3.05, 3.63) is 38.0 Å². The average molecular weight is 1060 g/mol. The van der Waals surface area contributed by atoms with Crippen LogP contribution in [-0.4, -0.2) is 140 Å². The first kappa shape index (κ1) is 81.4. The maximum absolute atomic E-state index is 12.6. The number of primary amides is 2. The van der Waals surface area contributed by atoms with E-state index in [1.54, 1.807) is 30.6 Å². The molecule has 2 aliphatic rings. The topological polar surface area (TPSA) is 347 Å². The van der Waals surface area contributed by atoms with Crippen LogP contribution in [0.2, 0.25) is 0 Å². The summed E-state index contributed by atoms with van der Waals surface area (Å²) in [5.74, 6) is -5.75. The first-order valence-corrected chi connectivity index (χ1v) is 22.9. The van der Waals surface area contributed by atoms with Crippen LogP contribution < -0.4 is 38.1 Å². The fourth-order valence-corrected chi connectivity index (χ4v) is 7.29. The van der Waals surface area contributed by atoms with Gasteiger partial charge in [-0.3, -0.25) is 43.2 Å². The van der Waals surface area contributed by atoms with Crippen molar-refractivity contribution in [1.82, 2.24) is 36.4 Å². The number of hydrogen-bond donors (Lipinski definition) is 9. The number of unbranched alkanes of at least 4 members (excludes halogenated alkanes) is 1. The molecular weight excluding hydrogens is 959 g/mol. The highest BCUT2D eigenvalue weighted by Crippen LogP contribution is 2.24. The minimum atomic E-state index is -1.21. The van der Waals surface area contributed by atoms with E-state index in [1.165, 1.54) is 0 Å². The summed E-state index contributed by atoms with van der Waals surface area (Å²) in [5.41, 5.74) is 9.60. The lowest BCUT2D eigenvalue weighted by Gasteiger charge is -2.32. The second-order valence-corrected chi connectivity index (χ2v) is 17.1. The van der Waals surface area contributed by atoms with Crippen molar-refractivity contribution in [2.45, 2.75) is 211 Å². The Kier molecular flexibility index (Phi) is 48.3. The summed E-state index contributed by atoms with van der Waals surface area (Å²) in [5, 5.41) is 32.0. The van der Waals surface area contributed by atoms with E-state index >= 15 is 0 Å². The molecule has 2 aliphatic heterocycles. The zero-order valence-electron chi connectivity index (χ0n) is 40.2. The number of likely N-dealkylation sites (tertiary alicyclic amines) is 2. The van der Waals surface area contributed by atoms with Crippen molar-refractivity contribution in [3.8, 4) is 0 Å². The SMILES string of the molecule is C.C.C.C.C.C.C=CC(=O)NC(CCC(CC(NC(=O)C=C)C(=O)NC(C)C)N1CCCC1=O)C(=O)O.C=CC(N)=O.CC(C)NC(=O)C(C)CC(CCC(NC(=O)CCCCC(N)=O)C(=O)O)N1CCCC1=O. The number of carbonyl (C=O) groups excluding carboxylic acids is 9. The van der Waals surface area contributed by atoms with Crippen LogP contribution in [-0.2, 0) is 52.7 Å². The Labute approximate surface area is 443 Å². The van der Waals surface area contributed by atoms with E-state index in [1.807, 2.05) is 13.8 Å². The van der Waals surface area contributed by atoms with Crippen LogP contribution in [0, 0.1) is 5.92 Å². The molecule has 0 aromatic rings. The van der Waals surface area contributed by atoms with Crippen LogP contribution in [0.4, 0.5) is 0 Å². The average Bonchev–Trinajstić information content (AvgIpc) is 3.90. The molecule has 0 bridgehead atoms. The fraction of sp³-hybridized carbons (Fsp3) is 0.673. The van der Waals surface area contributed by atoms with E-state index in [-0.39, 0.29) is 125 Å². The lowest BCUT2D eigenvalue weighted by atomic mass is 9.94. The lowest BCUT2D eigenvalue weighted by molar-refractivity contribution is -0.142. The number of carbonyl (C=O) groups is 11. The number of nitrogens with one attached hydrogen (secondary N) is 5. The third-order valence-electron chi connectivity index (χ3n) is 10.7. The first-order valence-electron chi connectivity index (χ1n) is 22.9. The van der Waals surface area contributed by atoms with Gasteiger partial charge in [0.1, 0.15) is 18.1 Å². The van der Waals surface area contributed by atoms with Gasteiger partial charge in [-0.2, -0.15) is 0 Å².